The average Bonchev–Trinajstić information content (AvgIpc) is 3.41. The summed E-state index contributed by atoms with van der Waals surface area (Å²) in [7, 11) is 0. The second-order valence-electron chi connectivity index (χ2n) is 8.72. The topological polar surface area (TPSA) is 47.4 Å². The fraction of sp³-hybridized carbons (Fsp3) is 0.241. The van der Waals surface area contributed by atoms with E-state index < -0.39 is 0 Å². The van der Waals surface area contributed by atoms with Gasteiger partial charge in [-0.1, -0.05) is 66.7 Å². The van der Waals surface area contributed by atoms with Crippen molar-refractivity contribution in [2.45, 2.75) is 31.8 Å². The van der Waals surface area contributed by atoms with Gasteiger partial charge in [0.25, 0.3) is 0 Å². The highest BCUT2D eigenvalue weighted by atomic mass is 16.5. The Hall–Kier alpha value is -3.86. The van der Waals surface area contributed by atoms with Gasteiger partial charge in [-0.2, -0.15) is 0 Å². The van der Waals surface area contributed by atoms with Crippen molar-refractivity contribution in [3.63, 3.8) is 0 Å². The average molecular weight is 452 g/mol. The van der Waals surface area contributed by atoms with Crippen LogP contribution in [0.25, 0.3) is 11.0 Å². The van der Waals surface area contributed by atoms with Gasteiger partial charge in [0, 0.05) is 25.4 Å². The summed E-state index contributed by atoms with van der Waals surface area (Å²) in [6.45, 7) is 6.36. The Balaban J connectivity index is 1.35. The molecule has 1 amide bonds. The van der Waals surface area contributed by atoms with E-state index in [-0.39, 0.29) is 11.8 Å². The predicted molar refractivity (Wildman–Crippen MR) is 135 cm³/mol. The molecule has 1 atom stereocenters. The second-order valence-corrected chi connectivity index (χ2v) is 8.72. The number of carbonyl (C=O) groups excluding carboxylic acids is 1. The van der Waals surface area contributed by atoms with Gasteiger partial charge >= 0.3 is 0 Å². The first kappa shape index (κ1) is 22.0. The van der Waals surface area contributed by atoms with Gasteiger partial charge in [-0.05, 0) is 35.7 Å². The zero-order chi connectivity index (χ0) is 23.3. The van der Waals surface area contributed by atoms with Gasteiger partial charge in [0.05, 0.1) is 17.6 Å². The number of amides is 1. The van der Waals surface area contributed by atoms with Crippen LogP contribution in [-0.4, -0.2) is 33.5 Å². The zero-order valence-electron chi connectivity index (χ0n) is 19.3. The van der Waals surface area contributed by atoms with Crippen molar-refractivity contribution in [2.24, 2.45) is 0 Å². The number of rotatable bonds is 9. The summed E-state index contributed by atoms with van der Waals surface area (Å²) in [5.74, 6) is 2.10. The molecule has 4 aromatic rings. The summed E-state index contributed by atoms with van der Waals surface area (Å²) in [4.78, 5) is 19.8. The molecule has 0 N–H and O–H groups in total. The summed E-state index contributed by atoms with van der Waals surface area (Å²) in [6, 6.07) is 26.4. The Morgan fingerprint density at radius 3 is 2.62 bits per heavy atom. The van der Waals surface area contributed by atoms with E-state index in [1.54, 1.807) is 0 Å². The van der Waals surface area contributed by atoms with E-state index in [0.717, 1.165) is 40.2 Å². The van der Waals surface area contributed by atoms with Gasteiger partial charge in [-0.3, -0.25) is 4.79 Å². The molecule has 1 fully saturated rings. The molecule has 172 valence electrons. The Labute approximate surface area is 200 Å². The van der Waals surface area contributed by atoms with Gasteiger partial charge < -0.3 is 14.2 Å². The SMILES string of the molecule is C=CCc1ccccc1OCCn1c(C2CC(=O)N(Cc3ccccc3)C2)nc2ccccc21. The van der Waals surface area contributed by atoms with Crippen molar-refractivity contribution in [1.82, 2.24) is 14.5 Å². The molecule has 5 heteroatoms. The van der Waals surface area contributed by atoms with Crippen LogP contribution in [0.3, 0.4) is 0 Å². The van der Waals surface area contributed by atoms with Crippen LogP contribution in [0.4, 0.5) is 0 Å². The van der Waals surface area contributed by atoms with Crippen LogP contribution < -0.4 is 4.74 Å². The lowest BCUT2D eigenvalue weighted by Crippen LogP contribution is -2.24. The highest BCUT2D eigenvalue weighted by Gasteiger charge is 2.34. The van der Waals surface area contributed by atoms with Crippen LogP contribution >= 0.6 is 0 Å². The Kier molecular flexibility index (Phi) is 6.43. The summed E-state index contributed by atoms with van der Waals surface area (Å²) in [6.07, 6.45) is 3.15. The van der Waals surface area contributed by atoms with Crippen molar-refractivity contribution < 1.29 is 9.53 Å². The fourth-order valence-electron chi connectivity index (χ4n) is 4.76. The number of carbonyl (C=O) groups is 1. The molecule has 1 aliphatic heterocycles. The molecule has 5 rings (SSSR count). The number of allylic oxidation sites excluding steroid dienone is 1. The quantitative estimate of drug-likeness (QED) is 0.322. The molecule has 0 saturated carbocycles. The van der Waals surface area contributed by atoms with Gasteiger partial charge in [0.1, 0.15) is 18.2 Å². The number of benzene rings is 3. The molecule has 3 aromatic carbocycles. The van der Waals surface area contributed by atoms with Crippen LogP contribution in [-0.2, 0) is 24.3 Å². The molecule has 1 aliphatic rings. The molecule has 0 spiro atoms. The third-order valence-electron chi connectivity index (χ3n) is 6.39. The maximum absolute atomic E-state index is 12.8. The number of imidazole rings is 1. The van der Waals surface area contributed by atoms with Crippen LogP contribution in [0.5, 0.6) is 5.75 Å². The first-order valence-corrected chi connectivity index (χ1v) is 11.8. The smallest absolute Gasteiger partial charge is 0.223 e. The largest absolute Gasteiger partial charge is 0.491 e. The van der Waals surface area contributed by atoms with Crippen LogP contribution in [0.2, 0.25) is 0 Å². The van der Waals surface area contributed by atoms with Crippen LogP contribution in [0, 0.1) is 0 Å². The highest BCUT2D eigenvalue weighted by Crippen LogP contribution is 2.31. The first-order valence-electron chi connectivity index (χ1n) is 11.8. The van der Waals surface area contributed by atoms with E-state index in [0.29, 0.717) is 32.7 Å². The van der Waals surface area contributed by atoms with Gasteiger partial charge in [0.15, 0.2) is 0 Å². The van der Waals surface area contributed by atoms with E-state index in [2.05, 4.69) is 35.4 Å². The van der Waals surface area contributed by atoms with E-state index in [1.807, 2.05) is 65.6 Å². The standard InChI is InChI=1S/C29H29N3O2/c1-2-10-23-13-6-9-16-27(23)34-18-17-32-26-15-8-7-14-25(26)30-29(32)24-19-28(33)31(21-24)20-22-11-4-3-5-12-22/h2-9,11-16,24H,1,10,17-21H2. The molecule has 0 aliphatic carbocycles. The molecule has 1 aromatic heterocycles. The van der Waals surface area contributed by atoms with E-state index in [1.165, 1.54) is 0 Å². The molecule has 1 saturated heterocycles. The number of hydrogen-bond acceptors (Lipinski definition) is 3. The number of nitrogens with zero attached hydrogens (tertiary/aromatic N) is 3. The summed E-state index contributed by atoms with van der Waals surface area (Å²) >= 11 is 0. The molecule has 2 heterocycles. The lowest BCUT2D eigenvalue weighted by atomic mass is 10.1. The van der Waals surface area contributed by atoms with Gasteiger partial charge in [-0.25, -0.2) is 4.98 Å². The molecule has 1 unspecified atom stereocenters. The monoisotopic (exact) mass is 451 g/mol. The molecule has 5 nitrogen and oxygen atoms in total. The first-order chi connectivity index (χ1) is 16.7. The number of likely N-dealkylation sites (tertiary alicyclic amines) is 1. The zero-order valence-corrected chi connectivity index (χ0v) is 19.3. The van der Waals surface area contributed by atoms with Crippen LogP contribution in [0.1, 0.15) is 29.3 Å². The molecular weight excluding hydrogens is 422 g/mol. The molecule has 0 radical (unpaired) electrons. The van der Waals surface area contributed by atoms with Crippen molar-refractivity contribution >= 4 is 16.9 Å². The third-order valence-corrected chi connectivity index (χ3v) is 6.39. The van der Waals surface area contributed by atoms with E-state index in [9.17, 15) is 4.79 Å². The number of hydrogen-bond donors (Lipinski definition) is 0. The fourth-order valence-corrected chi connectivity index (χ4v) is 4.76. The number of ether oxygens (including phenoxy) is 1. The molecule has 0 bridgehead atoms. The normalized spacial score (nSPS) is 15.7. The van der Waals surface area contributed by atoms with E-state index in [4.69, 9.17) is 9.72 Å². The highest BCUT2D eigenvalue weighted by molar-refractivity contribution is 5.81. The molecule has 34 heavy (non-hydrogen) atoms. The predicted octanol–water partition coefficient (Wildman–Crippen LogP) is 5.36. The summed E-state index contributed by atoms with van der Waals surface area (Å²) in [5.41, 5.74) is 4.32. The lowest BCUT2D eigenvalue weighted by Gasteiger charge is -2.18. The van der Waals surface area contributed by atoms with Crippen LogP contribution in [0.15, 0.2) is 91.5 Å². The Bertz CT molecular complexity index is 1300. The van der Waals surface area contributed by atoms with Crippen molar-refractivity contribution in [3.8, 4) is 5.75 Å². The Morgan fingerprint density at radius 1 is 1.00 bits per heavy atom. The summed E-state index contributed by atoms with van der Waals surface area (Å²) in [5, 5.41) is 0. The van der Waals surface area contributed by atoms with E-state index >= 15 is 0 Å². The lowest BCUT2D eigenvalue weighted by molar-refractivity contribution is -0.128. The number of para-hydroxylation sites is 3. The second kappa shape index (κ2) is 9.96. The van der Waals surface area contributed by atoms with Crippen molar-refractivity contribution in [2.75, 3.05) is 13.2 Å². The maximum Gasteiger partial charge on any atom is 0.223 e. The summed E-state index contributed by atoms with van der Waals surface area (Å²) < 4.78 is 8.41. The minimum atomic E-state index is 0.0664. The Morgan fingerprint density at radius 2 is 1.76 bits per heavy atom. The maximum atomic E-state index is 12.8. The third kappa shape index (κ3) is 4.60. The number of aromatic nitrogens is 2. The van der Waals surface area contributed by atoms with Crippen molar-refractivity contribution in [1.29, 1.82) is 0 Å². The van der Waals surface area contributed by atoms with Crippen molar-refractivity contribution in [3.05, 3.63) is 108 Å². The van der Waals surface area contributed by atoms with Gasteiger partial charge in [-0.15, -0.1) is 6.58 Å². The minimum Gasteiger partial charge on any atom is -0.491 e. The number of fused-ring (bicyclic) bond motifs is 1. The van der Waals surface area contributed by atoms with Gasteiger partial charge in [0.2, 0.25) is 5.91 Å². The minimum absolute atomic E-state index is 0.0664. The molecular formula is C29H29N3O2.